The van der Waals surface area contributed by atoms with Crippen molar-refractivity contribution in [3.05, 3.63) is 71.9 Å². The van der Waals surface area contributed by atoms with Gasteiger partial charge in [-0.2, -0.15) is 0 Å². The van der Waals surface area contributed by atoms with Crippen LogP contribution < -0.4 is 0 Å². The molecule has 0 bridgehead atoms. The summed E-state index contributed by atoms with van der Waals surface area (Å²) in [6, 6.07) is 0. The highest BCUT2D eigenvalue weighted by Crippen LogP contribution is 2.68. The van der Waals surface area contributed by atoms with Crippen molar-refractivity contribution in [2.45, 2.75) is 0 Å². The van der Waals surface area contributed by atoms with Crippen LogP contribution in [0, 0.1) is 0 Å². The molecular weight excluding hydrogens is 224 g/mol. The predicted octanol–water partition coefficient (Wildman–Crippen LogP) is 5.30. The lowest BCUT2D eigenvalue weighted by Gasteiger charge is -2.39. The van der Waals surface area contributed by atoms with Gasteiger partial charge in [-0.05, 0) is 32.4 Å². The topological polar surface area (TPSA) is 9.23 Å². The first-order valence-electron chi connectivity index (χ1n) is 4.20. The van der Waals surface area contributed by atoms with Gasteiger partial charge in [0.15, 0.2) is 0 Å². The molecule has 0 atom stereocenters. The molecule has 0 fully saturated rings. The molecule has 0 unspecified atom stereocenters. The van der Waals surface area contributed by atoms with Crippen molar-refractivity contribution in [2.75, 3.05) is 0 Å². The average molecular weight is 242 g/mol. The Morgan fingerprint density at radius 1 is 0.533 bits per heavy atom. The number of hydrogen-bond donors (Lipinski definition) is 0. The Balaban J connectivity index is 5.25. The van der Waals surface area contributed by atoms with Gasteiger partial charge in [0, 0.05) is 0 Å². The maximum absolute atomic E-state index is 5.98. The smallest absolute Gasteiger partial charge is 0.0221 e. The molecule has 0 rings (SSSR count). The van der Waals surface area contributed by atoms with Gasteiger partial charge in [-0.1, -0.05) is 60.1 Å². The molecule has 3 heteroatoms. The fraction of sp³-hybridized carbons (Fsp3) is 0. The SMILES string of the molecule is C=CS(C=C)(C=C)OS(C=C)(C=C)C=C. The second kappa shape index (κ2) is 5.85. The summed E-state index contributed by atoms with van der Waals surface area (Å²) in [6.45, 7) is 22.5. The van der Waals surface area contributed by atoms with Gasteiger partial charge in [-0.3, -0.25) is 3.63 Å². The van der Waals surface area contributed by atoms with Crippen LogP contribution in [0.4, 0.5) is 0 Å². The molecule has 0 N–H and O–H groups in total. The third-order valence-corrected chi connectivity index (χ3v) is 6.81. The Labute approximate surface area is 96.3 Å². The second-order valence-corrected chi connectivity index (χ2v) is 7.79. The zero-order valence-electron chi connectivity index (χ0n) is 8.93. The minimum absolute atomic E-state index is 1.69. The molecule has 0 radical (unpaired) electrons. The van der Waals surface area contributed by atoms with Crippen LogP contribution >= 0.6 is 20.6 Å². The molecule has 0 saturated carbocycles. The summed E-state index contributed by atoms with van der Waals surface area (Å²) in [6.07, 6.45) is 0. The van der Waals surface area contributed by atoms with E-state index in [1.54, 1.807) is 32.4 Å². The Bertz CT molecular complexity index is 231. The van der Waals surface area contributed by atoms with Crippen LogP contribution in [0.3, 0.4) is 0 Å². The first-order chi connectivity index (χ1) is 7.07. The molecule has 0 aliphatic carbocycles. The normalized spacial score (nSPS) is 13.3. The van der Waals surface area contributed by atoms with Crippen LogP contribution in [-0.2, 0) is 3.63 Å². The molecule has 0 heterocycles. The Kier molecular flexibility index (Phi) is 5.50. The van der Waals surface area contributed by atoms with Crippen molar-refractivity contribution in [1.82, 2.24) is 0 Å². The molecule has 84 valence electrons. The van der Waals surface area contributed by atoms with Gasteiger partial charge in [0.05, 0.1) is 0 Å². The standard InChI is InChI=1S/C12H18OS2/c1-7-14(8-2,9-3)13-15(10-4,11-5)12-6/h7-12H,1-6H2. The Hall–Kier alpha value is -0.900. The number of rotatable bonds is 8. The molecule has 0 saturated heterocycles. The second-order valence-electron chi connectivity index (χ2n) is 2.46. The summed E-state index contributed by atoms with van der Waals surface area (Å²) in [5, 5.41) is 10.3. The van der Waals surface area contributed by atoms with E-state index in [0.717, 1.165) is 0 Å². The van der Waals surface area contributed by atoms with Crippen LogP contribution in [0.15, 0.2) is 71.9 Å². The monoisotopic (exact) mass is 242 g/mol. The van der Waals surface area contributed by atoms with Crippen LogP contribution in [0.25, 0.3) is 0 Å². The van der Waals surface area contributed by atoms with Crippen molar-refractivity contribution in [2.24, 2.45) is 0 Å². The van der Waals surface area contributed by atoms with Crippen LogP contribution in [0.1, 0.15) is 0 Å². The molecule has 0 aromatic carbocycles. The van der Waals surface area contributed by atoms with Crippen molar-refractivity contribution >= 4 is 20.6 Å². The van der Waals surface area contributed by atoms with E-state index in [4.69, 9.17) is 3.63 Å². The maximum atomic E-state index is 5.98. The molecule has 1 nitrogen and oxygen atoms in total. The fourth-order valence-electron chi connectivity index (χ4n) is 0.779. The van der Waals surface area contributed by atoms with Crippen LogP contribution in [0.5, 0.6) is 0 Å². The van der Waals surface area contributed by atoms with Crippen molar-refractivity contribution in [3.8, 4) is 0 Å². The van der Waals surface area contributed by atoms with Crippen molar-refractivity contribution in [3.63, 3.8) is 0 Å². The van der Waals surface area contributed by atoms with E-state index in [9.17, 15) is 0 Å². The first kappa shape index (κ1) is 14.1. The lowest BCUT2D eigenvalue weighted by Crippen LogP contribution is -1.98. The zero-order chi connectivity index (χ0) is 11.9. The lowest BCUT2D eigenvalue weighted by molar-refractivity contribution is 0.735. The largest absolute Gasteiger partial charge is 0.268 e. The van der Waals surface area contributed by atoms with Crippen LogP contribution in [0.2, 0.25) is 0 Å². The maximum Gasteiger partial charge on any atom is -0.0221 e. The quantitative estimate of drug-likeness (QED) is 0.561. The van der Waals surface area contributed by atoms with E-state index in [1.807, 2.05) is 0 Å². The van der Waals surface area contributed by atoms with E-state index in [-0.39, 0.29) is 0 Å². The van der Waals surface area contributed by atoms with E-state index in [0.29, 0.717) is 0 Å². The first-order valence-corrected chi connectivity index (χ1v) is 7.69. The third-order valence-electron chi connectivity index (χ3n) is 1.80. The summed E-state index contributed by atoms with van der Waals surface area (Å²) < 4.78 is 5.98. The Morgan fingerprint density at radius 2 is 0.733 bits per heavy atom. The summed E-state index contributed by atoms with van der Waals surface area (Å²) in [4.78, 5) is 0. The van der Waals surface area contributed by atoms with E-state index >= 15 is 0 Å². The van der Waals surface area contributed by atoms with E-state index < -0.39 is 20.6 Å². The van der Waals surface area contributed by atoms with Gasteiger partial charge in [-0.15, -0.1) is 0 Å². The highest BCUT2D eigenvalue weighted by atomic mass is 32.3. The molecule has 0 amide bonds. The van der Waals surface area contributed by atoms with Crippen LogP contribution in [-0.4, -0.2) is 0 Å². The lowest BCUT2D eigenvalue weighted by atomic mass is 11.2. The minimum atomic E-state index is -1.69. The molecule has 0 aliphatic rings. The van der Waals surface area contributed by atoms with Gasteiger partial charge in [0.2, 0.25) is 0 Å². The minimum Gasteiger partial charge on any atom is -0.268 e. The molecule has 0 aliphatic heterocycles. The molecule has 15 heavy (non-hydrogen) atoms. The average Bonchev–Trinajstić information content (AvgIpc) is 2.33. The highest BCUT2D eigenvalue weighted by Gasteiger charge is 2.23. The van der Waals surface area contributed by atoms with E-state index in [1.165, 1.54) is 0 Å². The van der Waals surface area contributed by atoms with Gasteiger partial charge >= 0.3 is 0 Å². The molecule has 0 aromatic rings. The Morgan fingerprint density at radius 3 is 0.867 bits per heavy atom. The van der Waals surface area contributed by atoms with Gasteiger partial charge in [0.1, 0.15) is 0 Å². The fourth-order valence-corrected chi connectivity index (χ4v) is 4.56. The highest BCUT2D eigenvalue weighted by molar-refractivity contribution is 8.48. The van der Waals surface area contributed by atoms with Crippen molar-refractivity contribution in [1.29, 1.82) is 0 Å². The third kappa shape index (κ3) is 3.02. The number of hydrogen-bond acceptors (Lipinski definition) is 1. The zero-order valence-corrected chi connectivity index (χ0v) is 10.6. The summed E-state index contributed by atoms with van der Waals surface area (Å²) in [5.74, 6) is 0. The molecule has 0 spiro atoms. The summed E-state index contributed by atoms with van der Waals surface area (Å²) in [5.41, 5.74) is 0. The van der Waals surface area contributed by atoms with Gasteiger partial charge in [-0.25, -0.2) is 0 Å². The predicted molar refractivity (Wildman–Crippen MR) is 77.4 cm³/mol. The van der Waals surface area contributed by atoms with Crippen molar-refractivity contribution < 1.29 is 3.63 Å². The van der Waals surface area contributed by atoms with Gasteiger partial charge < -0.3 is 0 Å². The molecule has 0 aromatic heterocycles. The summed E-state index contributed by atoms with van der Waals surface area (Å²) in [7, 11) is -3.38. The molecular formula is C12H18OS2. The summed E-state index contributed by atoms with van der Waals surface area (Å²) >= 11 is 0. The van der Waals surface area contributed by atoms with Gasteiger partial charge in [0.25, 0.3) is 0 Å². The van der Waals surface area contributed by atoms with E-state index in [2.05, 4.69) is 39.5 Å².